The average molecular weight is 530 g/mol. The van der Waals surface area contributed by atoms with Crippen LogP contribution in [0.25, 0.3) is 10.8 Å². The minimum Gasteiger partial charge on any atom is -0.366 e. The van der Waals surface area contributed by atoms with Crippen LogP contribution in [0.4, 0.5) is 5.69 Å². The van der Waals surface area contributed by atoms with Gasteiger partial charge in [0.2, 0.25) is 23.6 Å². The fraction of sp³-hybridized carbons (Fsp3) is 0.333. The van der Waals surface area contributed by atoms with E-state index in [1.54, 1.807) is 23.1 Å². The normalized spacial score (nSPS) is 15.6. The highest BCUT2D eigenvalue weighted by atomic mass is 16.2. The van der Waals surface area contributed by atoms with E-state index in [0.29, 0.717) is 50.9 Å². The van der Waals surface area contributed by atoms with Crippen molar-refractivity contribution >= 4 is 40.1 Å². The number of nitrogens with one attached hydrogen (secondary N) is 2. The predicted octanol–water partition coefficient (Wildman–Crippen LogP) is 2.72. The van der Waals surface area contributed by atoms with Crippen LogP contribution in [0.5, 0.6) is 0 Å². The summed E-state index contributed by atoms with van der Waals surface area (Å²) in [6, 6.07) is 18.6. The molecular formula is C30H35N5O4. The van der Waals surface area contributed by atoms with Crippen LogP contribution in [0.3, 0.4) is 0 Å². The molecule has 1 fully saturated rings. The van der Waals surface area contributed by atoms with Crippen LogP contribution < -0.4 is 22.1 Å². The quantitative estimate of drug-likeness (QED) is 0.282. The van der Waals surface area contributed by atoms with Crippen molar-refractivity contribution in [1.29, 1.82) is 0 Å². The lowest BCUT2D eigenvalue weighted by Crippen LogP contribution is -2.52. The van der Waals surface area contributed by atoms with E-state index in [-0.39, 0.29) is 23.8 Å². The molecule has 204 valence electrons. The van der Waals surface area contributed by atoms with Gasteiger partial charge < -0.3 is 27.0 Å². The van der Waals surface area contributed by atoms with Gasteiger partial charge >= 0.3 is 0 Å². The summed E-state index contributed by atoms with van der Waals surface area (Å²) in [6.07, 6.45) is 3.18. The maximum absolute atomic E-state index is 13.4. The van der Waals surface area contributed by atoms with Crippen LogP contribution >= 0.6 is 0 Å². The fourth-order valence-corrected chi connectivity index (χ4v) is 5.06. The standard InChI is InChI=1S/C30H35N5O4/c31-16-4-3-14-25(29(38)33-23-12-6-11-22(18-23)28(32)37)34-30(39)26-15-7-17-35(26)27(36)19-21-10-5-9-20-8-1-2-13-24(20)21/h1-2,5-6,8-13,18,25-26H,3-4,7,14-17,19,31H2,(H2,32,37)(H,33,38)(H,34,39)/t25-,26-/m0/s1. The summed E-state index contributed by atoms with van der Waals surface area (Å²) < 4.78 is 0. The van der Waals surface area contributed by atoms with Crippen LogP contribution in [0.15, 0.2) is 66.7 Å². The molecule has 3 aromatic carbocycles. The summed E-state index contributed by atoms with van der Waals surface area (Å²) >= 11 is 0. The number of nitrogens with zero attached hydrogens (tertiary/aromatic N) is 1. The van der Waals surface area contributed by atoms with Crippen molar-refractivity contribution in [2.45, 2.75) is 50.6 Å². The van der Waals surface area contributed by atoms with E-state index in [1.165, 1.54) is 6.07 Å². The molecular weight excluding hydrogens is 494 g/mol. The van der Waals surface area contributed by atoms with Crippen LogP contribution in [0, 0.1) is 0 Å². The van der Waals surface area contributed by atoms with Gasteiger partial charge in [0.15, 0.2) is 0 Å². The smallest absolute Gasteiger partial charge is 0.248 e. The Morgan fingerprint density at radius 2 is 1.74 bits per heavy atom. The van der Waals surface area contributed by atoms with Gasteiger partial charge in [-0.15, -0.1) is 0 Å². The molecule has 6 N–H and O–H groups in total. The molecule has 2 atom stereocenters. The molecule has 1 aliphatic rings. The lowest BCUT2D eigenvalue weighted by atomic mass is 10.0. The Morgan fingerprint density at radius 3 is 2.54 bits per heavy atom. The number of carbonyl (C=O) groups excluding carboxylic acids is 4. The number of carbonyl (C=O) groups is 4. The zero-order chi connectivity index (χ0) is 27.8. The third-order valence-electron chi connectivity index (χ3n) is 7.09. The molecule has 39 heavy (non-hydrogen) atoms. The first-order chi connectivity index (χ1) is 18.9. The van der Waals surface area contributed by atoms with Gasteiger partial charge in [-0.3, -0.25) is 19.2 Å². The molecule has 1 saturated heterocycles. The second-order valence-electron chi connectivity index (χ2n) is 9.84. The predicted molar refractivity (Wildman–Crippen MR) is 151 cm³/mol. The summed E-state index contributed by atoms with van der Waals surface area (Å²) in [6.45, 7) is 0.966. The van der Waals surface area contributed by atoms with Gasteiger partial charge in [-0.05, 0) is 73.2 Å². The Labute approximate surface area is 227 Å². The van der Waals surface area contributed by atoms with E-state index in [9.17, 15) is 19.2 Å². The Hall–Kier alpha value is -4.24. The molecule has 9 nitrogen and oxygen atoms in total. The monoisotopic (exact) mass is 529 g/mol. The number of benzene rings is 3. The number of fused-ring (bicyclic) bond motifs is 1. The first-order valence-corrected chi connectivity index (χ1v) is 13.3. The van der Waals surface area contributed by atoms with E-state index in [2.05, 4.69) is 10.6 Å². The number of anilines is 1. The summed E-state index contributed by atoms with van der Waals surface area (Å²) in [5, 5.41) is 7.73. The Bertz CT molecular complexity index is 1350. The van der Waals surface area contributed by atoms with Crippen molar-refractivity contribution < 1.29 is 19.2 Å². The highest BCUT2D eigenvalue weighted by molar-refractivity contribution is 6.00. The number of amides is 4. The van der Waals surface area contributed by atoms with Gasteiger partial charge in [-0.1, -0.05) is 48.5 Å². The maximum Gasteiger partial charge on any atom is 0.248 e. The molecule has 4 rings (SSSR count). The third-order valence-corrected chi connectivity index (χ3v) is 7.09. The first kappa shape index (κ1) is 27.8. The molecule has 9 heteroatoms. The highest BCUT2D eigenvalue weighted by Gasteiger charge is 2.35. The van der Waals surface area contributed by atoms with Crippen LogP contribution in [0.1, 0.15) is 48.0 Å². The number of hydrogen-bond acceptors (Lipinski definition) is 5. The van der Waals surface area contributed by atoms with Gasteiger partial charge in [0.25, 0.3) is 0 Å². The van der Waals surface area contributed by atoms with E-state index in [1.807, 2.05) is 42.5 Å². The number of rotatable bonds is 11. The van der Waals surface area contributed by atoms with Crippen molar-refractivity contribution in [2.75, 3.05) is 18.4 Å². The molecule has 1 heterocycles. The van der Waals surface area contributed by atoms with Gasteiger partial charge in [0.1, 0.15) is 12.1 Å². The van der Waals surface area contributed by atoms with E-state index < -0.39 is 23.9 Å². The number of likely N-dealkylation sites (tertiary alicyclic amines) is 1. The van der Waals surface area contributed by atoms with E-state index in [4.69, 9.17) is 11.5 Å². The summed E-state index contributed by atoms with van der Waals surface area (Å²) in [5.74, 6) is -1.48. The Kier molecular flexibility index (Phi) is 9.27. The Balaban J connectivity index is 1.45. The van der Waals surface area contributed by atoms with Gasteiger partial charge in [0, 0.05) is 17.8 Å². The van der Waals surface area contributed by atoms with Crippen molar-refractivity contribution in [1.82, 2.24) is 10.2 Å². The summed E-state index contributed by atoms with van der Waals surface area (Å²) in [7, 11) is 0. The number of nitrogens with two attached hydrogens (primary N) is 2. The van der Waals surface area contributed by atoms with Crippen molar-refractivity contribution in [3.63, 3.8) is 0 Å². The molecule has 0 radical (unpaired) electrons. The molecule has 1 aliphatic heterocycles. The van der Waals surface area contributed by atoms with Crippen molar-refractivity contribution in [3.8, 4) is 0 Å². The van der Waals surface area contributed by atoms with Gasteiger partial charge in [0.05, 0.1) is 6.42 Å². The second-order valence-corrected chi connectivity index (χ2v) is 9.84. The minimum absolute atomic E-state index is 0.114. The van der Waals surface area contributed by atoms with Gasteiger partial charge in [-0.2, -0.15) is 0 Å². The zero-order valence-electron chi connectivity index (χ0n) is 21.9. The number of unbranched alkanes of at least 4 members (excludes halogenated alkanes) is 1. The first-order valence-electron chi connectivity index (χ1n) is 13.3. The van der Waals surface area contributed by atoms with E-state index >= 15 is 0 Å². The molecule has 0 aromatic heterocycles. The molecule has 0 spiro atoms. The zero-order valence-corrected chi connectivity index (χ0v) is 21.9. The molecule has 0 aliphatic carbocycles. The van der Waals surface area contributed by atoms with Crippen molar-refractivity contribution in [2.24, 2.45) is 11.5 Å². The van der Waals surface area contributed by atoms with Gasteiger partial charge in [-0.25, -0.2) is 0 Å². The van der Waals surface area contributed by atoms with E-state index in [0.717, 1.165) is 16.3 Å². The molecule has 0 bridgehead atoms. The highest BCUT2D eigenvalue weighted by Crippen LogP contribution is 2.23. The van der Waals surface area contributed by atoms with Crippen molar-refractivity contribution in [3.05, 3.63) is 77.9 Å². The summed E-state index contributed by atoms with van der Waals surface area (Å²) in [5.41, 5.74) is 12.6. The summed E-state index contributed by atoms with van der Waals surface area (Å²) in [4.78, 5) is 53.1. The lowest BCUT2D eigenvalue weighted by Gasteiger charge is -2.27. The Morgan fingerprint density at radius 1 is 0.974 bits per heavy atom. The fourth-order valence-electron chi connectivity index (χ4n) is 5.06. The molecule has 3 aromatic rings. The van der Waals surface area contributed by atoms with Crippen LogP contribution in [-0.4, -0.2) is 53.7 Å². The maximum atomic E-state index is 13.4. The number of hydrogen-bond donors (Lipinski definition) is 4. The van der Waals surface area contributed by atoms with Crippen LogP contribution in [0.2, 0.25) is 0 Å². The second kappa shape index (κ2) is 13.0. The largest absolute Gasteiger partial charge is 0.366 e. The average Bonchev–Trinajstić information content (AvgIpc) is 3.43. The lowest BCUT2D eigenvalue weighted by molar-refractivity contribution is -0.138. The third kappa shape index (κ3) is 7.00. The topological polar surface area (TPSA) is 148 Å². The SMILES string of the molecule is NCCCC[C@H](NC(=O)[C@@H]1CCCN1C(=O)Cc1cccc2ccccc12)C(=O)Nc1cccc(C(N)=O)c1. The molecule has 0 saturated carbocycles. The number of primary amides is 1. The minimum atomic E-state index is -0.822. The molecule has 0 unspecified atom stereocenters. The molecule has 4 amide bonds. The van der Waals surface area contributed by atoms with Crippen LogP contribution in [-0.2, 0) is 20.8 Å².